The van der Waals surface area contributed by atoms with E-state index in [1.54, 1.807) is 18.0 Å². The predicted octanol–water partition coefficient (Wildman–Crippen LogP) is 3.98. The maximum Gasteiger partial charge on any atom is 0.414 e. The Bertz CT molecular complexity index is 1170. The van der Waals surface area contributed by atoms with Gasteiger partial charge in [0.2, 0.25) is 5.91 Å². The summed E-state index contributed by atoms with van der Waals surface area (Å²) in [6.07, 6.45) is 6.22. The first-order chi connectivity index (χ1) is 16.8. The molecule has 10 heteroatoms. The van der Waals surface area contributed by atoms with Gasteiger partial charge in [0.25, 0.3) is 0 Å². The number of imidazole rings is 1. The van der Waals surface area contributed by atoms with Crippen molar-refractivity contribution >= 4 is 40.8 Å². The summed E-state index contributed by atoms with van der Waals surface area (Å²) in [6.45, 7) is 5.44. The zero-order chi connectivity index (χ0) is 25.4. The molecule has 0 spiro atoms. The second kappa shape index (κ2) is 12.3. The topological polar surface area (TPSA) is 126 Å². The lowest BCUT2D eigenvalue weighted by molar-refractivity contribution is -0.159. The number of aromatic nitrogens is 3. The zero-order valence-corrected chi connectivity index (χ0v) is 20.7. The van der Waals surface area contributed by atoms with E-state index in [-0.39, 0.29) is 5.91 Å². The van der Waals surface area contributed by atoms with Gasteiger partial charge in [-0.1, -0.05) is 48.5 Å². The van der Waals surface area contributed by atoms with Crippen LogP contribution >= 0.6 is 11.8 Å². The van der Waals surface area contributed by atoms with Gasteiger partial charge in [0.15, 0.2) is 10.8 Å². The van der Waals surface area contributed by atoms with Crippen LogP contribution in [0.5, 0.6) is 0 Å². The molecule has 0 bridgehead atoms. The Morgan fingerprint density at radius 1 is 1.09 bits per heavy atom. The number of carboxylic acids is 2. The van der Waals surface area contributed by atoms with Crippen LogP contribution in [0.15, 0.2) is 47.8 Å². The first-order valence-electron chi connectivity index (χ1n) is 11.6. The number of fused-ring (bicyclic) bond motifs is 1. The number of rotatable bonds is 6. The summed E-state index contributed by atoms with van der Waals surface area (Å²) in [7, 11) is 0. The lowest BCUT2D eigenvalue weighted by atomic mass is 10.00. The molecule has 186 valence electrons. The van der Waals surface area contributed by atoms with E-state index >= 15 is 0 Å². The van der Waals surface area contributed by atoms with E-state index in [4.69, 9.17) is 24.8 Å². The van der Waals surface area contributed by atoms with Crippen molar-refractivity contribution in [2.45, 2.75) is 63.0 Å². The second-order valence-electron chi connectivity index (χ2n) is 8.36. The third kappa shape index (κ3) is 7.05. The van der Waals surface area contributed by atoms with E-state index in [2.05, 4.69) is 48.0 Å². The van der Waals surface area contributed by atoms with E-state index in [1.807, 2.05) is 16.7 Å². The van der Waals surface area contributed by atoms with Gasteiger partial charge in [0.1, 0.15) is 12.1 Å². The molecular formula is C25H30N4O5S. The Morgan fingerprint density at radius 2 is 1.80 bits per heavy atom. The highest BCUT2D eigenvalue weighted by Crippen LogP contribution is 2.27. The largest absolute Gasteiger partial charge is 0.473 e. The van der Waals surface area contributed by atoms with Crippen LogP contribution in [0.2, 0.25) is 0 Å². The van der Waals surface area contributed by atoms with Crippen molar-refractivity contribution in [3.63, 3.8) is 0 Å². The quantitative estimate of drug-likeness (QED) is 0.386. The number of aryl methyl sites for hydroxylation is 1. The van der Waals surface area contributed by atoms with E-state index in [1.165, 1.54) is 17.5 Å². The smallest absolute Gasteiger partial charge is 0.414 e. The summed E-state index contributed by atoms with van der Waals surface area (Å²) in [5.74, 6) is -2.65. The number of hydrogen-bond donors (Lipinski definition) is 2. The average Bonchev–Trinajstić information content (AvgIpc) is 3.21. The number of likely N-dealkylation sites (tertiary alicyclic amines) is 1. The number of carboxylic acid groups (broad SMARTS) is 2. The molecule has 1 fully saturated rings. The molecule has 1 unspecified atom stereocenters. The van der Waals surface area contributed by atoms with Gasteiger partial charge in [-0.2, -0.15) is 0 Å². The number of nitrogens with zero attached hydrogens (tertiary/aromatic N) is 4. The Balaban J connectivity index is 0.000000509. The summed E-state index contributed by atoms with van der Waals surface area (Å²) in [6, 6.07) is 12.8. The Morgan fingerprint density at radius 3 is 2.46 bits per heavy atom. The van der Waals surface area contributed by atoms with Crippen molar-refractivity contribution in [1.29, 1.82) is 0 Å². The minimum atomic E-state index is -1.82. The number of piperidine rings is 1. The lowest BCUT2D eigenvalue weighted by Gasteiger charge is -2.35. The van der Waals surface area contributed by atoms with Crippen LogP contribution in [0, 0.1) is 6.92 Å². The van der Waals surface area contributed by atoms with Gasteiger partial charge >= 0.3 is 11.9 Å². The molecule has 1 atom stereocenters. The highest BCUT2D eigenvalue weighted by molar-refractivity contribution is 7.98. The number of carbonyl (C=O) groups is 3. The van der Waals surface area contributed by atoms with Gasteiger partial charge < -0.3 is 15.1 Å². The van der Waals surface area contributed by atoms with Gasteiger partial charge in [-0.25, -0.2) is 19.6 Å². The molecule has 2 N–H and O–H groups in total. The molecule has 3 aromatic rings. The van der Waals surface area contributed by atoms with Crippen molar-refractivity contribution < 1.29 is 24.6 Å². The number of benzene rings is 1. The van der Waals surface area contributed by atoms with E-state index < -0.39 is 11.9 Å². The number of carbonyl (C=O) groups excluding carboxylic acids is 1. The first kappa shape index (κ1) is 26.2. The van der Waals surface area contributed by atoms with Crippen molar-refractivity contribution in [1.82, 2.24) is 19.4 Å². The molecular weight excluding hydrogens is 468 g/mol. The molecule has 1 aliphatic heterocycles. The van der Waals surface area contributed by atoms with Crippen molar-refractivity contribution in [3.05, 3.63) is 53.7 Å². The fourth-order valence-corrected chi connectivity index (χ4v) is 4.96. The molecule has 2 aromatic heterocycles. The van der Waals surface area contributed by atoms with Gasteiger partial charge in [-0.15, -0.1) is 0 Å². The van der Waals surface area contributed by atoms with E-state index in [0.29, 0.717) is 12.6 Å². The van der Waals surface area contributed by atoms with Crippen LogP contribution in [-0.2, 0) is 26.7 Å². The third-order valence-corrected chi connectivity index (χ3v) is 6.90. The predicted molar refractivity (Wildman–Crippen MR) is 133 cm³/mol. The molecule has 35 heavy (non-hydrogen) atoms. The monoisotopic (exact) mass is 498 g/mol. The van der Waals surface area contributed by atoms with Gasteiger partial charge in [0, 0.05) is 24.5 Å². The van der Waals surface area contributed by atoms with Gasteiger partial charge in [0.05, 0.1) is 0 Å². The number of aliphatic carboxylic acids is 2. The normalized spacial score (nSPS) is 15.4. The Hall–Kier alpha value is -3.40. The molecule has 9 nitrogen and oxygen atoms in total. The third-order valence-electron chi connectivity index (χ3n) is 5.85. The maximum atomic E-state index is 13.2. The van der Waals surface area contributed by atoms with Crippen LogP contribution in [0.3, 0.4) is 0 Å². The van der Waals surface area contributed by atoms with Crippen LogP contribution in [0.25, 0.3) is 11.2 Å². The molecule has 1 aliphatic rings. The Kier molecular flexibility index (Phi) is 9.25. The molecule has 4 rings (SSSR count). The van der Waals surface area contributed by atoms with Crippen molar-refractivity contribution in [2.24, 2.45) is 0 Å². The summed E-state index contributed by atoms with van der Waals surface area (Å²) >= 11 is 1.67. The molecule has 1 aromatic carbocycles. The van der Waals surface area contributed by atoms with Crippen LogP contribution < -0.4 is 0 Å². The van der Waals surface area contributed by atoms with Crippen molar-refractivity contribution in [2.75, 3.05) is 6.54 Å². The molecule has 3 heterocycles. The minimum absolute atomic E-state index is 0.179. The van der Waals surface area contributed by atoms with Crippen LogP contribution in [0.4, 0.5) is 0 Å². The lowest BCUT2D eigenvalue weighted by Crippen LogP contribution is -2.44. The standard InChI is InChI=1S/C23H28N4OS.C2H2O4/c1-3-19-7-4-5-14-26(19)21(28)15-27-22-20(8-6-13-24-22)25-23(27)29-16-18-11-9-17(2)10-12-18;3-1(4)2(5)6/h6,8-13,19H,3-5,7,14-16H2,1-2H3;(H,3,4)(H,5,6). The number of amides is 1. The number of hydrogen-bond acceptors (Lipinski definition) is 6. The molecule has 0 radical (unpaired) electrons. The first-order valence-corrected chi connectivity index (χ1v) is 12.5. The average molecular weight is 499 g/mol. The highest BCUT2D eigenvalue weighted by atomic mass is 32.2. The fraction of sp³-hybridized carbons (Fsp3) is 0.400. The van der Waals surface area contributed by atoms with Gasteiger partial charge in [-0.05, 0) is 50.3 Å². The number of pyridine rings is 1. The fourth-order valence-electron chi connectivity index (χ4n) is 4.00. The zero-order valence-electron chi connectivity index (χ0n) is 19.9. The summed E-state index contributed by atoms with van der Waals surface area (Å²) in [5.41, 5.74) is 4.14. The van der Waals surface area contributed by atoms with E-state index in [0.717, 1.165) is 47.9 Å². The minimum Gasteiger partial charge on any atom is -0.473 e. The Labute approximate surface area is 208 Å². The molecule has 0 saturated carbocycles. The summed E-state index contributed by atoms with van der Waals surface area (Å²) in [5, 5.41) is 15.6. The van der Waals surface area contributed by atoms with Crippen molar-refractivity contribution in [3.8, 4) is 0 Å². The van der Waals surface area contributed by atoms with Gasteiger partial charge in [-0.3, -0.25) is 9.36 Å². The second-order valence-corrected chi connectivity index (χ2v) is 9.30. The molecule has 1 amide bonds. The summed E-state index contributed by atoms with van der Waals surface area (Å²) < 4.78 is 2.00. The van der Waals surface area contributed by atoms with Crippen LogP contribution in [-0.4, -0.2) is 60.1 Å². The van der Waals surface area contributed by atoms with E-state index in [9.17, 15) is 4.79 Å². The molecule has 0 aliphatic carbocycles. The summed E-state index contributed by atoms with van der Waals surface area (Å²) in [4.78, 5) is 42.8. The molecule has 1 saturated heterocycles. The SMILES string of the molecule is CCC1CCCCN1C(=O)Cn1c(SCc2ccc(C)cc2)nc2cccnc21.O=C(O)C(=O)O. The number of thioether (sulfide) groups is 1. The highest BCUT2D eigenvalue weighted by Gasteiger charge is 2.26. The maximum absolute atomic E-state index is 13.2. The van der Waals surface area contributed by atoms with Crippen LogP contribution in [0.1, 0.15) is 43.7 Å².